The molecule has 7 saturated heterocycles. The first kappa shape index (κ1) is 101. The van der Waals surface area contributed by atoms with E-state index in [0.29, 0.717) is 159 Å². The van der Waals surface area contributed by atoms with Crippen molar-refractivity contribution in [3.63, 3.8) is 0 Å². The second kappa shape index (κ2) is 52.0. The van der Waals surface area contributed by atoms with Crippen LogP contribution in [0.25, 0.3) is 44.5 Å². The van der Waals surface area contributed by atoms with Crippen molar-refractivity contribution in [1.82, 2.24) is 55.0 Å². The number of ether oxygens (including phenoxy) is 9. The minimum atomic E-state index is -1.49. The fraction of sp³-hybridized carbons (Fsp3) is 0.315. The number of aliphatic hydroxyl groups is 3. The molecule has 7 aliphatic heterocycles. The van der Waals surface area contributed by atoms with Crippen LogP contribution in [0.15, 0.2) is 220 Å². The molecule has 0 spiro atoms. The molecular weight excluding hydrogens is 1990 g/mol. The van der Waals surface area contributed by atoms with Gasteiger partial charge < -0.3 is 98.3 Å². The maximum Gasteiger partial charge on any atom is 0.488 e. The van der Waals surface area contributed by atoms with E-state index >= 15 is 0 Å². The number of aromatic nitrogens is 8. The highest BCUT2D eigenvalue weighted by molar-refractivity contribution is 9.11. The predicted octanol–water partition coefficient (Wildman–Crippen LogP) is 12.8. The fourth-order valence-electron chi connectivity index (χ4n) is 13.3. The van der Waals surface area contributed by atoms with Gasteiger partial charge in [-0.05, 0) is 209 Å². The van der Waals surface area contributed by atoms with Gasteiger partial charge in [0.1, 0.15) is 0 Å². The minimum absolute atomic E-state index is 0.0266. The SMILES string of the molecule is Brc1ccnc(C2OCCO2)c1.COc1cc(Br)ccn1.O=C(O)c1ccc(-c2cncc(Br)c2)c(Cl)c1.O=C(c1ccc(-c2cncc(-c3ccnc(C4OCCO4)c3)c2)c(Cl)c1)N1CCC(O)CC1.O=C(c1ccc(-c2cncc(Br)c2)c(Cl)c1)N1CCC(O)CC1.OB(O)c1ccnc(C2OCCO2)c1.OB(O)c1ccnc(C2OCCO2)c1.OC1CCNCC1. The molecule has 0 atom stereocenters. The number of carbonyl (C=O) groups is 3. The lowest BCUT2D eigenvalue weighted by molar-refractivity contribution is -0.0474. The van der Waals surface area contributed by atoms with Crippen molar-refractivity contribution in [3.05, 3.63) is 274 Å². The first-order valence-corrected chi connectivity index (χ1v) is 45.1. The summed E-state index contributed by atoms with van der Waals surface area (Å²) in [6, 6.07) is 38.6. The van der Waals surface area contributed by atoms with E-state index in [4.69, 9.17) is 108 Å². The summed E-state index contributed by atoms with van der Waals surface area (Å²) in [5.74, 6) is -0.476. The molecule has 678 valence electrons. The zero-order valence-corrected chi connectivity index (χ0v) is 78.1. The molecule has 7 aliphatic rings. The van der Waals surface area contributed by atoms with Crippen LogP contribution in [-0.4, -0.2) is 240 Å². The molecule has 40 heteroatoms. The van der Waals surface area contributed by atoms with Crippen LogP contribution >= 0.6 is 98.5 Å². The van der Waals surface area contributed by atoms with Gasteiger partial charge in [-0.25, -0.2) is 9.78 Å². The standard InChI is InChI=1S/C25H24ClN3O4.C17H16BrClN2O2.C12H7BrClNO2.2C8H10BNO4.C8H8BrNO2.C6H6BrNO.C5H11NO/c26-22-12-17(24(31)29-7-4-20(30)5-8-29)1-2-21(22)19-11-18(14-27-15-19)16-3-6-28-23(13-16)25-32-9-10-33-25;18-13-7-12(9-20-10-13)15-2-1-11(8-16(15)19)17(23)21-5-3-14(22)4-6-21;13-9-3-8(5-15-6-9)10-2-1-7(12(16)17)4-11(10)14;2*11-9(12)6-1-2-10-7(5-6)8-13-3-4-14-8;9-6-1-2-10-7(5-6)8-11-3-4-12-8;1-9-6-4-5(7)2-3-8-6;7-5-1-3-6-4-2-5/h1-3,6,11-15,20,25,30H,4-5,7-10H2;1-2,7-10,14,22H,3-6H2;1-6H,(H,16,17);2*1-2,5,8,11-12H,3-4H2;1-2,5,8H,3-4H2;2-4H,1H3;5-7H,1-4H2. The van der Waals surface area contributed by atoms with Gasteiger partial charge in [-0.2, -0.15) is 0 Å². The van der Waals surface area contributed by atoms with E-state index in [9.17, 15) is 24.6 Å². The molecule has 7 fully saturated rings. The first-order chi connectivity index (χ1) is 62.3. The van der Waals surface area contributed by atoms with Gasteiger partial charge in [0.25, 0.3) is 11.8 Å². The number of hydrogen-bond donors (Lipinski definition) is 9. The summed E-state index contributed by atoms with van der Waals surface area (Å²) in [6.07, 6.45) is 20.5. The van der Waals surface area contributed by atoms with Gasteiger partial charge in [-0.15, -0.1) is 0 Å². The number of benzene rings is 3. The highest BCUT2D eigenvalue weighted by Gasteiger charge is 2.29. The molecule has 11 aromatic rings. The zero-order chi connectivity index (χ0) is 91.7. The lowest BCUT2D eigenvalue weighted by Crippen LogP contribution is -2.40. The molecule has 31 nitrogen and oxygen atoms in total. The Labute approximate surface area is 793 Å². The van der Waals surface area contributed by atoms with E-state index in [0.717, 1.165) is 99.7 Å². The number of nitrogens with one attached hydrogen (secondary N) is 1. The summed E-state index contributed by atoms with van der Waals surface area (Å²) in [5, 5.41) is 77.2. The van der Waals surface area contributed by atoms with Gasteiger partial charge in [0.05, 0.1) is 107 Å². The van der Waals surface area contributed by atoms with Crippen LogP contribution in [0.3, 0.4) is 0 Å². The second-order valence-electron chi connectivity index (χ2n) is 29.1. The van der Waals surface area contributed by atoms with E-state index < -0.39 is 39.1 Å². The number of hydrogen-bond acceptors (Lipinski definition) is 28. The summed E-state index contributed by atoms with van der Waals surface area (Å²) in [7, 11) is -1.38. The number of pyridine rings is 8. The van der Waals surface area contributed by atoms with E-state index in [1.165, 1.54) is 36.7 Å². The van der Waals surface area contributed by atoms with Gasteiger partial charge in [-0.1, -0.05) is 84.9 Å². The molecule has 0 radical (unpaired) electrons. The number of piperidine rings is 3. The number of rotatable bonds is 14. The number of amides is 2. The van der Waals surface area contributed by atoms with E-state index in [1.54, 1.807) is 121 Å². The molecule has 0 saturated carbocycles. The number of methoxy groups -OCH3 is 1. The largest absolute Gasteiger partial charge is 0.488 e. The average molecular weight is 2080 g/mol. The second-order valence-corrected chi connectivity index (χ2v) is 34.0. The Morgan fingerprint density at radius 3 is 1.09 bits per heavy atom. The summed E-state index contributed by atoms with van der Waals surface area (Å²) < 4.78 is 51.1. The van der Waals surface area contributed by atoms with Gasteiger partial charge in [0.2, 0.25) is 31.0 Å². The quantitative estimate of drug-likeness (QED) is 0.0457. The Morgan fingerprint density at radius 2 is 0.729 bits per heavy atom. The van der Waals surface area contributed by atoms with Crippen molar-refractivity contribution in [3.8, 4) is 50.4 Å². The minimum Gasteiger partial charge on any atom is -0.481 e. The van der Waals surface area contributed by atoms with E-state index in [2.05, 4.69) is 109 Å². The summed E-state index contributed by atoms with van der Waals surface area (Å²) in [4.78, 5) is 72.7. The van der Waals surface area contributed by atoms with Gasteiger partial charge in [-0.3, -0.25) is 44.5 Å². The third-order valence-corrected chi connectivity index (χ3v) is 22.8. The molecule has 8 aromatic heterocycles. The maximum absolute atomic E-state index is 12.8. The van der Waals surface area contributed by atoms with Crippen molar-refractivity contribution in [2.24, 2.45) is 0 Å². The van der Waals surface area contributed by atoms with Crippen LogP contribution < -0.4 is 21.0 Å². The molecular formula is C89H92B2Br4Cl3N11O20. The van der Waals surface area contributed by atoms with Crippen molar-refractivity contribution in [2.75, 3.05) is 99.2 Å². The number of likely N-dealkylation sites (tertiary alicyclic amines) is 2. The van der Waals surface area contributed by atoms with Crippen LogP contribution in [0.2, 0.25) is 15.1 Å². The van der Waals surface area contributed by atoms with Crippen LogP contribution in [-0.2, 0) is 37.9 Å². The highest BCUT2D eigenvalue weighted by atomic mass is 79.9. The van der Waals surface area contributed by atoms with Gasteiger partial charge >= 0.3 is 20.2 Å². The van der Waals surface area contributed by atoms with E-state index in [-0.39, 0.29) is 42.0 Å². The number of carboxylic acid groups (broad SMARTS) is 1. The van der Waals surface area contributed by atoms with Gasteiger partial charge in [0.15, 0.2) is 0 Å². The molecule has 9 N–H and O–H groups in total. The van der Waals surface area contributed by atoms with Crippen LogP contribution in [0.1, 0.15) is 118 Å². The predicted molar refractivity (Wildman–Crippen MR) is 497 cm³/mol. The average Bonchev–Trinajstić information content (AvgIpc) is 1.12. The molecule has 129 heavy (non-hydrogen) atoms. The molecule has 2 amide bonds. The van der Waals surface area contributed by atoms with Crippen LogP contribution in [0, 0.1) is 0 Å². The molecule has 15 heterocycles. The first-order valence-electron chi connectivity index (χ1n) is 40.8. The number of aliphatic hydroxyl groups excluding tert-OH is 3. The Bertz CT molecular complexity index is 5390. The zero-order valence-electron chi connectivity index (χ0n) is 69.5. The fourth-order valence-corrected chi connectivity index (χ4v) is 15.5. The number of carboxylic acids is 1. The van der Waals surface area contributed by atoms with Crippen molar-refractivity contribution in [2.45, 2.75) is 82.0 Å². The molecule has 0 bridgehead atoms. The third-order valence-electron chi connectivity index (χ3n) is 20.0. The molecule has 3 aromatic carbocycles. The van der Waals surface area contributed by atoms with E-state index in [1.807, 2.05) is 60.7 Å². The summed E-state index contributed by atoms with van der Waals surface area (Å²) >= 11 is 32.4. The summed E-state index contributed by atoms with van der Waals surface area (Å²) in [5.41, 5.74) is 11.5. The smallest absolute Gasteiger partial charge is 0.481 e. The molecule has 18 rings (SSSR count). The Kier molecular flexibility index (Phi) is 40.6. The lowest BCUT2D eigenvalue weighted by atomic mass is 9.80. The van der Waals surface area contributed by atoms with Crippen molar-refractivity contribution in [1.29, 1.82) is 0 Å². The number of halogens is 7. The number of aromatic carboxylic acids is 1. The van der Waals surface area contributed by atoms with Crippen LogP contribution in [0.5, 0.6) is 5.88 Å². The van der Waals surface area contributed by atoms with Crippen molar-refractivity contribution < 1.29 is 97.5 Å². The molecule has 0 unspecified atom stereocenters. The van der Waals surface area contributed by atoms with Crippen LogP contribution in [0.4, 0.5) is 0 Å². The Hall–Kier alpha value is -8.65. The Morgan fingerprint density at radius 1 is 0.388 bits per heavy atom. The van der Waals surface area contributed by atoms with Gasteiger partial charge in [0, 0.05) is 183 Å². The Balaban J connectivity index is 0.000000149. The molecule has 0 aliphatic carbocycles. The number of carbonyl (C=O) groups excluding carboxylic acids is 2. The highest BCUT2D eigenvalue weighted by Crippen LogP contribution is 2.36. The number of nitrogens with zero attached hydrogens (tertiary/aromatic N) is 10. The lowest BCUT2D eigenvalue weighted by Gasteiger charge is -2.29. The summed E-state index contributed by atoms with van der Waals surface area (Å²) in [6.45, 7) is 8.82. The monoisotopic (exact) mass is 2080 g/mol. The third kappa shape index (κ3) is 31.5. The normalized spacial score (nSPS) is 16.1. The topological polar surface area (TPSA) is 418 Å². The van der Waals surface area contributed by atoms with Crippen molar-refractivity contribution >= 4 is 141 Å². The maximum atomic E-state index is 12.8.